The molecular formula is C25H32N4O2. The molecule has 2 amide bonds. The highest BCUT2D eigenvalue weighted by Gasteiger charge is 2.32. The van der Waals surface area contributed by atoms with Gasteiger partial charge in [-0.25, -0.2) is 0 Å². The van der Waals surface area contributed by atoms with E-state index in [-0.39, 0.29) is 23.8 Å². The molecule has 0 aliphatic carbocycles. The van der Waals surface area contributed by atoms with Crippen LogP contribution in [0.5, 0.6) is 0 Å². The minimum atomic E-state index is -0.261. The molecule has 0 bridgehead atoms. The van der Waals surface area contributed by atoms with E-state index in [0.717, 1.165) is 42.6 Å². The van der Waals surface area contributed by atoms with Crippen molar-refractivity contribution in [3.63, 3.8) is 0 Å². The highest BCUT2D eigenvalue weighted by molar-refractivity contribution is 5.84. The van der Waals surface area contributed by atoms with Crippen LogP contribution in [-0.2, 0) is 16.0 Å². The van der Waals surface area contributed by atoms with Crippen LogP contribution in [0.2, 0.25) is 0 Å². The van der Waals surface area contributed by atoms with Crippen molar-refractivity contribution >= 4 is 11.8 Å². The smallest absolute Gasteiger partial charge is 0.239 e. The van der Waals surface area contributed by atoms with E-state index in [9.17, 15) is 9.59 Å². The Kier molecular flexibility index (Phi) is 6.97. The van der Waals surface area contributed by atoms with Crippen LogP contribution in [-0.4, -0.2) is 65.4 Å². The van der Waals surface area contributed by atoms with Gasteiger partial charge < -0.3 is 10.2 Å². The number of nitrogens with one attached hydrogen (secondary N) is 1. The van der Waals surface area contributed by atoms with Crippen molar-refractivity contribution in [2.24, 2.45) is 5.92 Å². The first-order valence-electron chi connectivity index (χ1n) is 11.4. The van der Waals surface area contributed by atoms with Crippen molar-refractivity contribution in [1.29, 1.82) is 0 Å². The Morgan fingerprint density at radius 2 is 1.84 bits per heavy atom. The van der Waals surface area contributed by atoms with Gasteiger partial charge in [-0.15, -0.1) is 0 Å². The van der Waals surface area contributed by atoms with Crippen molar-refractivity contribution < 1.29 is 9.59 Å². The van der Waals surface area contributed by atoms with Gasteiger partial charge >= 0.3 is 0 Å². The van der Waals surface area contributed by atoms with E-state index in [2.05, 4.69) is 27.3 Å². The Bertz CT molecular complexity index is 895. The number of hydrogen-bond donors (Lipinski definition) is 1. The molecule has 2 atom stereocenters. The van der Waals surface area contributed by atoms with Gasteiger partial charge in [-0.05, 0) is 68.1 Å². The fourth-order valence-electron chi connectivity index (χ4n) is 4.76. The van der Waals surface area contributed by atoms with Crippen LogP contribution in [0.3, 0.4) is 0 Å². The lowest BCUT2D eigenvalue weighted by atomic mass is 9.91. The van der Waals surface area contributed by atoms with Gasteiger partial charge in [0.25, 0.3) is 0 Å². The van der Waals surface area contributed by atoms with Crippen molar-refractivity contribution in [1.82, 2.24) is 20.1 Å². The third kappa shape index (κ3) is 5.13. The quantitative estimate of drug-likeness (QED) is 0.808. The summed E-state index contributed by atoms with van der Waals surface area (Å²) in [7, 11) is 0. The average molecular weight is 421 g/mol. The molecule has 6 heteroatoms. The zero-order valence-corrected chi connectivity index (χ0v) is 18.3. The molecule has 0 unspecified atom stereocenters. The second kappa shape index (κ2) is 10.1. The van der Waals surface area contributed by atoms with E-state index in [1.165, 1.54) is 6.42 Å². The van der Waals surface area contributed by atoms with Crippen LogP contribution in [0.4, 0.5) is 0 Å². The number of aromatic nitrogens is 1. The Labute approximate surface area is 184 Å². The summed E-state index contributed by atoms with van der Waals surface area (Å²) in [5, 5.41) is 3.02. The standard InChI is InChI=1S/C25H32N4O2/c1-19(28-14-5-2-6-15-28)25(31)29-16-13-27-24(30)22(18-29)17-21-7-3-4-8-23(21)20-9-11-26-12-10-20/h3-4,7-12,19,22H,2,5-6,13-18H2,1H3,(H,27,30)/t19-,22+/m1/s1. The van der Waals surface area contributed by atoms with Gasteiger partial charge in [0.15, 0.2) is 0 Å². The molecule has 2 fully saturated rings. The summed E-state index contributed by atoms with van der Waals surface area (Å²) >= 11 is 0. The lowest BCUT2D eigenvalue weighted by molar-refractivity contribution is -0.137. The zero-order chi connectivity index (χ0) is 21.6. The first-order chi connectivity index (χ1) is 15.1. The van der Waals surface area contributed by atoms with Crippen LogP contribution in [0.1, 0.15) is 31.7 Å². The number of pyridine rings is 1. The number of hydrogen-bond acceptors (Lipinski definition) is 4. The fraction of sp³-hybridized carbons (Fsp3) is 0.480. The maximum Gasteiger partial charge on any atom is 0.239 e. The monoisotopic (exact) mass is 420 g/mol. The lowest BCUT2D eigenvalue weighted by Crippen LogP contribution is -2.50. The third-order valence-electron chi connectivity index (χ3n) is 6.57. The van der Waals surface area contributed by atoms with Gasteiger partial charge in [0.1, 0.15) is 0 Å². The topological polar surface area (TPSA) is 65.5 Å². The van der Waals surface area contributed by atoms with Gasteiger partial charge in [0.05, 0.1) is 12.0 Å². The van der Waals surface area contributed by atoms with E-state index < -0.39 is 0 Å². The minimum Gasteiger partial charge on any atom is -0.354 e. The van der Waals surface area contributed by atoms with Crippen molar-refractivity contribution in [3.8, 4) is 11.1 Å². The predicted molar refractivity (Wildman–Crippen MR) is 121 cm³/mol. The number of benzene rings is 1. The van der Waals surface area contributed by atoms with Crippen LogP contribution in [0.15, 0.2) is 48.8 Å². The molecule has 0 saturated carbocycles. The molecule has 4 rings (SSSR count). The van der Waals surface area contributed by atoms with E-state index in [1.807, 2.05) is 36.1 Å². The molecule has 2 aromatic rings. The normalized spacial score (nSPS) is 21.3. The van der Waals surface area contributed by atoms with Gasteiger partial charge in [0, 0.05) is 32.0 Å². The van der Waals surface area contributed by atoms with Crippen LogP contribution >= 0.6 is 0 Å². The van der Waals surface area contributed by atoms with Crippen LogP contribution < -0.4 is 5.32 Å². The number of likely N-dealkylation sites (tertiary alicyclic amines) is 1. The maximum atomic E-state index is 13.3. The van der Waals surface area contributed by atoms with E-state index in [4.69, 9.17) is 0 Å². The van der Waals surface area contributed by atoms with Gasteiger partial charge in [-0.2, -0.15) is 0 Å². The molecule has 164 valence electrons. The summed E-state index contributed by atoms with van der Waals surface area (Å²) in [6.07, 6.45) is 7.74. The Balaban J connectivity index is 1.50. The molecule has 1 N–H and O–H groups in total. The summed E-state index contributed by atoms with van der Waals surface area (Å²) in [5.41, 5.74) is 3.32. The molecule has 2 aliphatic rings. The molecule has 31 heavy (non-hydrogen) atoms. The van der Waals surface area contributed by atoms with E-state index in [0.29, 0.717) is 26.1 Å². The maximum absolute atomic E-state index is 13.3. The molecule has 2 saturated heterocycles. The van der Waals surface area contributed by atoms with E-state index >= 15 is 0 Å². The molecule has 0 spiro atoms. The summed E-state index contributed by atoms with van der Waals surface area (Å²) in [5.74, 6) is -0.0840. The van der Waals surface area contributed by atoms with Crippen molar-refractivity contribution in [2.75, 3.05) is 32.7 Å². The number of rotatable bonds is 5. The van der Waals surface area contributed by atoms with Crippen LogP contribution in [0.25, 0.3) is 11.1 Å². The number of nitrogens with zero attached hydrogens (tertiary/aromatic N) is 3. The second-order valence-electron chi connectivity index (χ2n) is 8.64. The van der Waals surface area contributed by atoms with Crippen molar-refractivity contribution in [2.45, 2.75) is 38.6 Å². The predicted octanol–water partition coefficient (Wildman–Crippen LogP) is 2.74. The Morgan fingerprint density at radius 3 is 2.61 bits per heavy atom. The van der Waals surface area contributed by atoms with E-state index in [1.54, 1.807) is 12.4 Å². The van der Waals surface area contributed by atoms with Crippen LogP contribution in [0, 0.1) is 5.92 Å². The number of piperidine rings is 1. The van der Waals surface area contributed by atoms with Gasteiger partial charge in [-0.3, -0.25) is 19.5 Å². The number of amides is 2. The molecule has 1 aromatic carbocycles. The second-order valence-corrected chi connectivity index (χ2v) is 8.64. The summed E-state index contributed by atoms with van der Waals surface area (Å²) < 4.78 is 0. The van der Waals surface area contributed by atoms with Gasteiger partial charge in [0.2, 0.25) is 11.8 Å². The Morgan fingerprint density at radius 1 is 1.10 bits per heavy atom. The molecular weight excluding hydrogens is 388 g/mol. The highest BCUT2D eigenvalue weighted by Crippen LogP contribution is 2.26. The molecule has 2 aliphatic heterocycles. The summed E-state index contributed by atoms with van der Waals surface area (Å²) in [4.78, 5) is 34.4. The SMILES string of the molecule is C[C@H](C(=O)N1CCNC(=O)[C@@H](Cc2ccccc2-c2ccncc2)C1)N1CCCCC1. The average Bonchev–Trinajstić information content (AvgIpc) is 3.01. The summed E-state index contributed by atoms with van der Waals surface area (Å²) in [6, 6.07) is 12.0. The number of carbonyl (C=O) groups excluding carboxylic acids is 2. The number of carbonyl (C=O) groups is 2. The lowest BCUT2D eigenvalue weighted by Gasteiger charge is -2.35. The minimum absolute atomic E-state index is 0.0328. The molecule has 0 radical (unpaired) electrons. The highest BCUT2D eigenvalue weighted by atomic mass is 16.2. The Hall–Kier alpha value is -2.73. The molecule has 6 nitrogen and oxygen atoms in total. The zero-order valence-electron chi connectivity index (χ0n) is 18.3. The largest absolute Gasteiger partial charge is 0.354 e. The van der Waals surface area contributed by atoms with Crippen molar-refractivity contribution in [3.05, 3.63) is 54.4 Å². The first kappa shape index (κ1) is 21.5. The molecule has 1 aromatic heterocycles. The van der Waals surface area contributed by atoms with Gasteiger partial charge in [-0.1, -0.05) is 30.7 Å². The third-order valence-corrected chi connectivity index (χ3v) is 6.57. The summed E-state index contributed by atoms with van der Waals surface area (Å²) in [6.45, 7) is 5.54. The molecule has 3 heterocycles. The first-order valence-corrected chi connectivity index (χ1v) is 11.4. The fourth-order valence-corrected chi connectivity index (χ4v) is 4.76.